The van der Waals surface area contributed by atoms with Gasteiger partial charge in [0.1, 0.15) is 5.82 Å². The van der Waals surface area contributed by atoms with Gasteiger partial charge in [0.2, 0.25) is 11.7 Å². The summed E-state index contributed by atoms with van der Waals surface area (Å²) in [6, 6.07) is 14.7. The predicted molar refractivity (Wildman–Crippen MR) is 117 cm³/mol. The lowest BCUT2D eigenvalue weighted by atomic mass is 9.75. The largest absolute Gasteiger partial charge is 0.339 e. The molecule has 3 aromatic rings. The van der Waals surface area contributed by atoms with Crippen molar-refractivity contribution >= 4 is 11.6 Å². The summed E-state index contributed by atoms with van der Waals surface area (Å²) >= 11 is 5.95. The van der Waals surface area contributed by atoms with Crippen LogP contribution in [0, 0.1) is 17.7 Å². The summed E-state index contributed by atoms with van der Waals surface area (Å²) in [5, 5.41) is 4.81. The summed E-state index contributed by atoms with van der Waals surface area (Å²) in [4.78, 5) is 6.79. The van der Waals surface area contributed by atoms with Crippen LogP contribution < -0.4 is 0 Å². The second kappa shape index (κ2) is 9.27. The average Bonchev–Trinajstić information content (AvgIpc) is 3.18. The highest BCUT2D eigenvalue weighted by Crippen LogP contribution is 2.40. The van der Waals surface area contributed by atoms with Crippen LogP contribution in [0.25, 0.3) is 11.4 Å². The van der Waals surface area contributed by atoms with E-state index in [4.69, 9.17) is 16.1 Å². The van der Waals surface area contributed by atoms with Gasteiger partial charge in [-0.25, -0.2) is 4.39 Å². The molecule has 1 heterocycles. The van der Waals surface area contributed by atoms with Gasteiger partial charge in [-0.2, -0.15) is 4.98 Å². The van der Waals surface area contributed by atoms with E-state index in [2.05, 4.69) is 29.1 Å². The number of halogens is 2. The van der Waals surface area contributed by atoms with E-state index in [1.807, 2.05) is 30.3 Å². The molecular weight excluding hydrogens is 401 g/mol. The molecule has 1 aromatic heterocycles. The Morgan fingerprint density at radius 3 is 2.50 bits per heavy atom. The predicted octanol–water partition coefficient (Wildman–Crippen LogP) is 6.18. The Labute approximate surface area is 182 Å². The molecule has 1 aliphatic carbocycles. The zero-order valence-corrected chi connectivity index (χ0v) is 18.1. The molecule has 2 aromatic carbocycles. The second-order valence-corrected chi connectivity index (χ2v) is 8.90. The van der Waals surface area contributed by atoms with Crippen molar-refractivity contribution in [2.75, 3.05) is 14.1 Å². The van der Waals surface area contributed by atoms with Crippen molar-refractivity contribution in [2.45, 2.75) is 38.1 Å². The number of rotatable bonds is 6. The molecule has 1 saturated carbocycles. The quantitative estimate of drug-likeness (QED) is 0.471. The van der Waals surface area contributed by atoms with Crippen LogP contribution in [0.4, 0.5) is 4.39 Å². The van der Waals surface area contributed by atoms with Crippen LogP contribution in [-0.4, -0.2) is 29.1 Å². The molecular formula is C24H27ClFN3O. The topological polar surface area (TPSA) is 42.2 Å². The molecule has 0 saturated heterocycles. The Hall–Kier alpha value is -2.24. The molecule has 0 aliphatic heterocycles. The van der Waals surface area contributed by atoms with Crippen molar-refractivity contribution in [3.63, 3.8) is 0 Å². The Bertz CT molecular complexity index is 965. The highest BCUT2D eigenvalue weighted by molar-refractivity contribution is 6.30. The third kappa shape index (κ3) is 4.90. The van der Waals surface area contributed by atoms with Crippen LogP contribution in [0.5, 0.6) is 0 Å². The van der Waals surface area contributed by atoms with Gasteiger partial charge in [0.25, 0.3) is 0 Å². The first-order valence-corrected chi connectivity index (χ1v) is 10.9. The van der Waals surface area contributed by atoms with E-state index in [0.29, 0.717) is 28.6 Å². The first-order valence-electron chi connectivity index (χ1n) is 10.5. The number of nitrogens with zero attached hydrogens (tertiary/aromatic N) is 3. The highest BCUT2D eigenvalue weighted by atomic mass is 35.5. The summed E-state index contributed by atoms with van der Waals surface area (Å²) in [7, 11) is 4.16. The van der Waals surface area contributed by atoms with E-state index in [9.17, 15) is 4.39 Å². The summed E-state index contributed by atoms with van der Waals surface area (Å²) < 4.78 is 19.3. The maximum Gasteiger partial charge on any atom is 0.227 e. The smallest absolute Gasteiger partial charge is 0.227 e. The van der Waals surface area contributed by atoms with Gasteiger partial charge in [0, 0.05) is 23.0 Å². The van der Waals surface area contributed by atoms with Crippen molar-refractivity contribution in [2.24, 2.45) is 11.8 Å². The Balaban J connectivity index is 1.37. The van der Waals surface area contributed by atoms with Crippen molar-refractivity contribution in [1.29, 1.82) is 0 Å². The number of hydrogen-bond donors (Lipinski definition) is 0. The van der Waals surface area contributed by atoms with Gasteiger partial charge in [-0.3, -0.25) is 0 Å². The molecule has 158 valence electrons. The standard InChI is InChI=1S/C24H27ClFN3O/c1-29(2)23(19-4-3-5-21(26)15-19)17-8-6-16(7-9-17)14-22-27-24(28-30-22)18-10-12-20(25)13-11-18/h3-5,10-13,15-17,23H,6-9,14H2,1-2H3. The van der Waals surface area contributed by atoms with Crippen molar-refractivity contribution < 1.29 is 8.91 Å². The fourth-order valence-electron chi connectivity index (χ4n) is 4.69. The zero-order chi connectivity index (χ0) is 21.1. The molecule has 0 N–H and O–H groups in total. The molecule has 0 radical (unpaired) electrons. The molecule has 1 unspecified atom stereocenters. The van der Waals surface area contributed by atoms with Crippen LogP contribution in [0.2, 0.25) is 5.02 Å². The lowest BCUT2D eigenvalue weighted by molar-refractivity contribution is 0.145. The third-order valence-electron chi connectivity index (χ3n) is 6.12. The molecule has 6 heteroatoms. The molecule has 0 amide bonds. The van der Waals surface area contributed by atoms with E-state index in [1.165, 1.54) is 6.07 Å². The minimum atomic E-state index is -0.166. The van der Waals surface area contributed by atoms with Crippen molar-refractivity contribution in [3.8, 4) is 11.4 Å². The van der Waals surface area contributed by atoms with Crippen LogP contribution in [0.15, 0.2) is 53.1 Å². The van der Waals surface area contributed by atoms with E-state index in [0.717, 1.165) is 43.2 Å². The summed E-state index contributed by atoms with van der Waals surface area (Å²) in [6.07, 6.45) is 5.26. The number of aromatic nitrogens is 2. The molecule has 1 atom stereocenters. The van der Waals surface area contributed by atoms with Crippen LogP contribution in [-0.2, 0) is 6.42 Å². The molecule has 1 aliphatic rings. The van der Waals surface area contributed by atoms with Gasteiger partial charge >= 0.3 is 0 Å². The highest BCUT2D eigenvalue weighted by Gasteiger charge is 2.31. The van der Waals surface area contributed by atoms with Gasteiger partial charge in [-0.1, -0.05) is 28.9 Å². The maximum atomic E-state index is 13.8. The second-order valence-electron chi connectivity index (χ2n) is 8.47. The average molecular weight is 428 g/mol. The Morgan fingerprint density at radius 1 is 1.10 bits per heavy atom. The van der Waals surface area contributed by atoms with Gasteiger partial charge < -0.3 is 9.42 Å². The van der Waals surface area contributed by atoms with Gasteiger partial charge in [-0.15, -0.1) is 0 Å². The van der Waals surface area contributed by atoms with Crippen LogP contribution >= 0.6 is 11.6 Å². The Kier molecular flexibility index (Phi) is 6.49. The first kappa shape index (κ1) is 21.0. The molecule has 4 rings (SSSR count). The first-order chi connectivity index (χ1) is 14.5. The van der Waals surface area contributed by atoms with Gasteiger partial charge in [0.15, 0.2) is 0 Å². The zero-order valence-electron chi connectivity index (χ0n) is 17.4. The fourth-order valence-corrected chi connectivity index (χ4v) is 4.82. The van der Waals surface area contributed by atoms with Crippen LogP contribution in [0.1, 0.15) is 43.2 Å². The monoisotopic (exact) mass is 427 g/mol. The molecule has 1 fully saturated rings. The molecule has 0 spiro atoms. The lowest BCUT2D eigenvalue weighted by Gasteiger charge is -2.37. The van der Waals surface area contributed by atoms with Crippen molar-refractivity contribution in [1.82, 2.24) is 15.0 Å². The van der Waals surface area contributed by atoms with Gasteiger partial charge in [-0.05, 0) is 93.6 Å². The summed E-state index contributed by atoms with van der Waals surface area (Å²) in [6.45, 7) is 0. The minimum absolute atomic E-state index is 0.166. The molecule has 0 bridgehead atoms. The maximum absolute atomic E-state index is 13.8. The van der Waals surface area contributed by atoms with Crippen LogP contribution in [0.3, 0.4) is 0 Å². The Morgan fingerprint density at radius 2 is 1.83 bits per heavy atom. The summed E-state index contributed by atoms with van der Waals surface area (Å²) in [5.74, 6) is 2.19. The van der Waals surface area contributed by atoms with Crippen molar-refractivity contribution in [3.05, 3.63) is 70.8 Å². The van der Waals surface area contributed by atoms with E-state index >= 15 is 0 Å². The normalized spacial score (nSPS) is 20.4. The third-order valence-corrected chi connectivity index (χ3v) is 6.37. The fraction of sp³-hybridized carbons (Fsp3) is 0.417. The minimum Gasteiger partial charge on any atom is -0.339 e. The van der Waals surface area contributed by atoms with E-state index < -0.39 is 0 Å². The lowest BCUT2D eigenvalue weighted by Crippen LogP contribution is -2.30. The number of hydrogen-bond acceptors (Lipinski definition) is 4. The van der Waals surface area contributed by atoms with Gasteiger partial charge in [0.05, 0.1) is 0 Å². The van der Waals surface area contributed by atoms with E-state index in [1.54, 1.807) is 12.1 Å². The molecule has 30 heavy (non-hydrogen) atoms. The number of benzene rings is 2. The van der Waals surface area contributed by atoms with E-state index in [-0.39, 0.29) is 11.9 Å². The molecule has 4 nitrogen and oxygen atoms in total. The summed E-state index contributed by atoms with van der Waals surface area (Å²) in [5.41, 5.74) is 1.97. The SMILES string of the molecule is CN(C)C(c1cccc(F)c1)C1CCC(Cc2nc(-c3ccc(Cl)cc3)no2)CC1.